The molecule has 0 aromatic heterocycles. The molecule has 1 amide bonds. The lowest BCUT2D eigenvalue weighted by atomic mass is 10.1. The third kappa shape index (κ3) is 3.85. The topological polar surface area (TPSA) is 41.6 Å². The Balaban J connectivity index is 1.99. The first-order valence-electron chi connectivity index (χ1n) is 7.19. The summed E-state index contributed by atoms with van der Waals surface area (Å²) in [5.74, 6) is -0.305. The zero-order chi connectivity index (χ0) is 14.4. The molecule has 1 aromatic carbocycles. The summed E-state index contributed by atoms with van der Waals surface area (Å²) in [6.07, 6.45) is 3.62. The minimum atomic E-state index is -0.544. The molecule has 0 radical (unpaired) electrons. The summed E-state index contributed by atoms with van der Waals surface area (Å²) in [5.41, 5.74) is 1.03. The number of hydrogen-bond donors (Lipinski definition) is 1. The fraction of sp³-hybridized carbons (Fsp3) is 0.533. The normalized spacial score (nSPS) is 15.0. The first-order chi connectivity index (χ1) is 9.70. The predicted octanol–water partition coefficient (Wildman–Crippen LogP) is 3.77. The highest BCUT2D eigenvalue weighted by Gasteiger charge is 2.15. The molecule has 1 heterocycles. The monoisotopic (exact) mass is 280 g/mol. The van der Waals surface area contributed by atoms with Gasteiger partial charge in [-0.3, -0.25) is 5.32 Å². The quantitative estimate of drug-likeness (QED) is 0.912. The summed E-state index contributed by atoms with van der Waals surface area (Å²) < 4.78 is 19.0. The van der Waals surface area contributed by atoms with Crippen molar-refractivity contribution in [3.8, 4) is 0 Å². The lowest BCUT2D eigenvalue weighted by molar-refractivity contribution is 0.161. The van der Waals surface area contributed by atoms with Gasteiger partial charge >= 0.3 is 6.09 Å². The molecule has 0 bridgehead atoms. The number of carbonyl (C=O) groups excluding carboxylic acids is 1. The number of halogens is 1. The molecule has 110 valence electrons. The van der Waals surface area contributed by atoms with Crippen LogP contribution in [0.2, 0.25) is 0 Å². The van der Waals surface area contributed by atoms with Crippen molar-refractivity contribution in [3.63, 3.8) is 0 Å². The van der Waals surface area contributed by atoms with Crippen molar-refractivity contribution < 1.29 is 13.9 Å². The van der Waals surface area contributed by atoms with E-state index >= 15 is 0 Å². The molecule has 0 aliphatic carbocycles. The minimum Gasteiger partial charge on any atom is -0.449 e. The van der Waals surface area contributed by atoms with E-state index in [1.807, 2.05) is 6.92 Å². The van der Waals surface area contributed by atoms with Gasteiger partial charge in [0.05, 0.1) is 12.3 Å². The molecule has 0 spiro atoms. The third-order valence-corrected chi connectivity index (χ3v) is 3.33. The van der Waals surface area contributed by atoms with Gasteiger partial charge in [0.2, 0.25) is 0 Å². The van der Waals surface area contributed by atoms with E-state index in [0.29, 0.717) is 18.0 Å². The minimum absolute atomic E-state index is 0.305. The van der Waals surface area contributed by atoms with E-state index < -0.39 is 6.09 Å². The van der Waals surface area contributed by atoms with Gasteiger partial charge in [-0.15, -0.1) is 0 Å². The van der Waals surface area contributed by atoms with Crippen LogP contribution in [0.15, 0.2) is 18.2 Å². The number of carbonyl (C=O) groups is 1. The zero-order valence-corrected chi connectivity index (χ0v) is 11.8. The maximum Gasteiger partial charge on any atom is 0.411 e. The van der Waals surface area contributed by atoms with E-state index in [0.717, 1.165) is 32.4 Å². The van der Waals surface area contributed by atoms with E-state index in [4.69, 9.17) is 4.74 Å². The highest BCUT2D eigenvalue weighted by atomic mass is 19.1. The highest BCUT2D eigenvalue weighted by Crippen LogP contribution is 2.25. The molecule has 0 atom stereocenters. The number of benzene rings is 1. The van der Waals surface area contributed by atoms with Crippen molar-refractivity contribution >= 4 is 17.5 Å². The van der Waals surface area contributed by atoms with Gasteiger partial charge in [0.15, 0.2) is 0 Å². The number of nitrogens with zero attached hydrogens (tertiary/aromatic N) is 1. The van der Waals surface area contributed by atoms with Crippen molar-refractivity contribution in [1.29, 1.82) is 0 Å². The lowest BCUT2D eigenvalue weighted by Crippen LogP contribution is -2.30. The van der Waals surface area contributed by atoms with Gasteiger partial charge in [-0.2, -0.15) is 0 Å². The second-order valence-electron chi connectivity index (χ2n) is 4.97. The Morgan fingerprint density at radius 2 is 2.10 bits per heavy atom. The predicted molar refractivity (Wildman–Crippen MR) is 77.7 cm³/mol. The van der Waals surface area contributed by atoms with Crippen LogP contribution in [0.5, 0.6) is 0 Å². The van der Waals surface area contributed by atoms with Crippen LogP contribution in [-0.4, -0.2) is 25.8 Å². The molecule has 1 aliphatic heterocycles. The SMILES string of the molecule is CCCOC(=O)Nc1ccc(N2CCCCC2)c(F)c1. The second kappa shape index (κ2) is 7.12. The van der Waals surface area contributed by atoms with E-state index in [2.05, 4.69) is 10.2 Å². The molecule has 1 N–H and O–H groups in total. The molecule has 4 nitrogen and oxygen atoms in total. The Morgan fingerprint density at radius 3 is 2.75 bits per heavy atom. The number of hydrogen-bond acceptors (Lipinski definition) is 3. The van der Waals surface area contributed by atoms with E-state index in [1.54, 1.807) is 12.1 Å². The van der Waals surface area contributed by atoms with E-state index in [9.17, 15) is 9.18 Å². The van der Waals surface area contributed by atoms with E-state index in [-0.39, 0.29) is 5.82 Å². The van der Waals surface area contributed by atoms with Crippen molar-refractivity contribution in [2.24, 2.45) is 0 Å². The summed E-state index contributed by atoms with van der Waals surface area (Å²) in [6, 6.07) is 4.77. The van der Waals surface area contributed by atoms with Crippen LogP contribution in [0.4, 0.5) is 20.6 Å². The Morgan fingerprint density at radius 1 is 1.35 bits per heavy atom. The number of rotatable bonds is 4. The molecular formula is C15H21FN2O2. The highest BCUT2D eigenvalue weighted by molar-refractivity contribution is 5.84. The first-order valence-corrected chi connectivity index (χ1v) is 7.19. The van der Waals surface area contributed by atoms with Crippen LogP contribution >= 0.6 is 0 Å². The molecule has 5 heteroatoms. The summed E-state index contributed by atoms with van der Waals surface area (Å²) in [7, 11) is 0. The average molecular weight is 280 g/mol. The summed E-state index contributed by atoms with van der Waals surface area (Å²) >= 11 is 0. The number of piperidine rings is 1. The standard InChI is InChI=1S/C15H21FN2O2/c1-2-10-20-15(19)17-12-6-7-14(13(16)11-12)18-8-4-3-5-9-18/h6-7,11H,2-5,8-10H2,1H3,(H,17,19). The first kappa shape index (κ1) is 14.6. The number of nitrogens with one attached hydrogen (secondary N) is 1. The summed E-state index contributed by atoms with van der Waals surface area (Å²) in [6.45, 7) is 4.06. The van der Waals surface area contributed by atoms with Crippen molar-refractivity contribution in [3.05, 3.63) is 24.0 Å². The van der Waals surface area contributed by atoms with Gasteiger partial charge < -0.3 is 9.64 Å². The maximum absolute atomic E-state index is 14.1. The van der Waals surface area contributed by atoms with Gasteiger partial charge in [-0.1, -0.05) is 6.92 Å². The average Bonchev–Trinajstić information content (AvgIpc) is 2.46. The Kier molecular flexibility index (Phi) is 5.21. The molecule has 2 rings (SSSR count). The van der Waals surface area contributed by atoms with Crippen molar-refractivity contribution in [2.75, 3.05) is 29.9 Å². The number of anilines is 2. The largest absolute Gasteiger partial charge is 0.449 e. The maximum atomic E-state index is 14.1. The van der Waals surface area contributed by atoms with Crippen LogP contribution < -0.4 is 10.2 Å². The smallest absolute Gasteiger partial charge is 0.411 e. The van der Waals surface area contributed by atoms with Gasteiger partial charge in [0, 0.05) is 18.8 Å². The van der Waals surface area contributed by atoms with Gasteiger partial charge in [0.1, 0.15) is 5.82 Å². The molecule has 20 heavy (non-hydrogen) atoms. The molecular weight excluding hydrogens is 259 g/mol. The molecule has 1 fully saturated rings. The fourth-order valence-corrected chi connectivity index (χ4v) is 2.32. The number of ether oxygens (including phenoxy) is 1. The van der Waals surface area contributed by atoms with E-state index in [1.165, 1.54) is 12.5 Å². The Hall–Kier alpha value is -1.78. The molecule has 1 aromatic rings. The van der Waals surface area contributed by atoms with Gasteiger partial charge in [-0.05, 0) is 43.9 Å². The molecule has 1 aliphatic rings. The van der Waals surface area contributed by atoms with Crippen LogP contribution in [0, 0.1) is 5.82 Å². The fourth-order valence-electron chi connectivity index (χ4n) is 2.32. The van der Waals surface area contributed by atoms with Crippen LogP contribution in [0.1, 0.15) is 32.6 Å². The Labute approximate surface area is 118 Å². The Bertz CT molecular complexity index is 459. The van der Waals surface area contributed by atoms with Gasteiger partial charge in [0.25, 0.3) is 0 Å². The van der Waals surface area contributed by atoms with Crippen LogP contribution in [0.25, 0.3) is 0 Å². The molecule has 0 saturated carbocycles. The number of amides is 1. The van der Waals surface area contributed by atoms with Crippen molar-refractivity contribution in [2.45, 2.75) is 32.6 Å². The molecule has 0 unspecified atom stereocenters. The van der Waals surface area contributed by atoms with Crippen LogP contribution in [-0.2, 0) is 4.74 Å². The second-order valence-corrected chi connectivity index (χ2v) is 4.97. The van der Waals surface area contributed by atoms with Crippen molar-refractivity contribution in [1.82, 2.24) is 0 Å². The zero-order valence-electron chi connectivity index (χ0n) is 11.8. The molecule has 1 saturated heterocycles. The summed E-state index contributed by atoms with van der Waals surface area (Å²) in [5, 5.41) is 2.53. The summed E-state index contributed by atoms with van der Waals surface area (Å²) in [4.78, 5) is 13.5. The van der Waals surface area contributed by atoms with Crippen LogP contribution in [0.3, 0.4) is 0 Å². The lowest BCUT2D eigenvalue weighted by Gasteiger charge is -2.29. The van der Waals surface area contributed by atoms with Gasteiger partial charge in [-0.25, -0.2) is 9.18 Å². The third-order valence-electron chi connectivity index (χ3n) is 3.33.